The highest BCUT2D eigenvalue weighted by atomic mass is 32.2. The fourth-order valence-corrected chi connectivity index (χ4v) is 5.85. The summed E-state index contributed by atoms with van der Waals surface area (Å²) >= 11 is 1.25. The zero-order chi connectivity index (χ0) is 14.5. The summed E-state index contributed by atoms with van der Waals surface area (Å²) in [6, 6.07) is 5.94. The van der Waals surface area contributed by atoms with Gasteiger partial charge in [-0.05, 0) is 38.3 Å². The molecule has 1 aliphatic rings. The van der Waals surface area contributed by atoms with Gasteiger partial charge in [0.15, 0.2) is 4.21 Å². The summed E-state index contributed by atoms with van der Waals surface area (Å²) in [6.45, 7) is 6.06. The molecule has 0 spiro atoms. The van der Waals surface area contributed by atoms with Crippen molar-refractivity contribution in [1.29, 1.82) is 0 Å². The average molecular weight is 308 g/mol. The minimum Gasteiger partial charge on any atom is -0.265 e. The topological polar surface area (TPSA) is 50.3 Å². The standard InChI is InChI=1S/C14H16N2O2S2/c1-9-5-4-6-12-7-8-16(13(9)12)20(17,18)14-10(2)15-11(3)19-14/h4-6H,7-8H2,1-3H3. The van der Waals surface area contributed by atoms with Gasteiger partial charge >= 0.3 is 0 Å². The Kier molecular flexibility index (Phi) is 3.10. The van der Waals surface area contributed by atoms with Crippen LogP contribution in [0, 0.1) is 20.8 Å². The highest BCUT2D eigenvalue weighted by molar-refractivity contribution is 7.94. The van der Waals surface area contributed by atoms with Gasteiger partial charge in [0, 0.05) is 6.54 Å². The normalized spacial score (nSPS) is 14.7. The van der Waals surface area contributed by atoms with Gasteiger partial charge in [0.05, 0.1) is 16.4 Å². The van der Waals surface area contributed by atoms with E-state index >= 15 is 0 Å². The third-order valence-electron chi connectivity index (χ3n) is 3.54. The van der Waals surface area contributed by atoms with E-state index in [4.69, 9.17) is 0 Å². The van der Waals surface area contributed by atoms with Gasteiger partial charge in [0.1, 0.15) is 0 Å². The van der Waals surface area contributed by atoms with Crippen molar-refractivity contribution in [3.63, 3.8) is 0 Å². The van der Waals surface area contributed by atoms with E-state index in [9.17, 15) is 8.42 Å². The second-order valence-electron chi connectivity index (χ2n) is 5.02. The van der Waals surface area contributed by atoms with Crippen molar-refractivity contribution in [3.05, 3.63) is 40.0 Å². The summed E-state index contributed by atoms with van der Waals surface area (Å²) in [5.74, 6) is 0. The van der Waals surface area contributed by atoms with Crippen molar-refractivity contribution in [1.82, 2.24) is 4.98 Å². The largest absolute Gasteiger partial charge is 0.275 e. The highest BCUT2D eigenvalue weighted by Gasteiger charge is 2.34. The molecule has 20 heavy (non-hydrogen) atoms. The van der Waals surface area contributed by atoms with Crippen molar-refractivity contribution in [2.45, 2.75) is 31.4 Å². The van der Waals surface area contributed by atoms with Crippen molar-refractivity contribution in [2.75, 3.05) is 10.8 Å². The lowest BCUT2D eigenvalue weighted by Gasteiger charge is -2.20. The van der Waals surface area contributed by atoms with Crippen LogP contribution in [0.2, 0.25) is 0 Å². The zero-order valence-corrected chi connectivity index (χ0v) is 13.3. The maximum absolute atomic E-state index is 12.9. The molecule has 0 aliphatic carbocycles. The number of benzene rings is 1. The van der Waals surface area contributed by atoms with Crippen LogP contribution in [0.1, 0.15) is 21.8 Å². The molecular weight excluding hydrogens is 292 g/mol. The van der Waals surface area contributed by atoms with E-state index in [2.05, 4.69) is 4.98 Å². The number of hydrogen-bond acceptors (Lipinski definition) is 4. The van der Waals surface area contributed by atoms with Crippen LogP contribution < -0.4 is 4.31 Å². The molecule has 0 atom stereocenters. The Morgan fingerprint density at radius 2 is 2.00 bits per heavy atom. The molecule has 0 fully saturated rings. The van der Waals surface area contributed by atoms with Crippen LogP contribution in [0.5, 0.6) is 0 Å². The van der Waals surface area contributed by atoms with Gasteiger partial charge in [0.25, 0.3) is 10.0 Å². The minimum atomic E-state index is -3.50. The molecule has 106 valence electrons. The first-order valence-electron chi connectivity index (χ1n) is 6.46. The molecule has 1 aliphatic heterocycles. The zero-order valence-electron chi connectivity index (χ0n) is 11.7. The minimum absolute atomic E-state index is 0.367. The molecule has 1 aromatic carbocycles. The first kappa shape index (κ1) is 13.6. The fraction of sp³-hybridized carbons (Fsp3) is 0.357. The van der Waals surface area contributed by atoms with Gasteiger partial charge in [-0.2, -0.15) is 0 Å². The molecule has 0 bridgehead atoms. The second-order valence-corrected chi connectivity index (χ2v) is 8.28. The van der Waals surface area contributed by atoms with E-state index in [1.165, 1.54) is 15.6 Å². The second kappa shape index (κ2) is 4.56. The molecule has 0 saturated heterocycles. The first-order chi connectivity index (χ1) is 9.41. The third-order valence-corrected chi connectivity index (χ3v) is 7.00. The Labute approximate surface area is 123 Å². The molecule has 0 saturated carbocycles. The number of aromatic nitrogens is 1. The number of anilines is 1. The molecular formula is C14H16N2O2S2. The maximum Gasteiger partial charge on any atom is 0.275 e. The smallest absolute Gasteiger partial charge is 0.265 e. The van der Waals surface area contributed by atoms with E-state index in [-0.39, 0.29) is 0 Å². The van der Waals surface area contributed by atoms with Crippen LogP contribution in [0.3, 0.4) is 0 Å². The highest BCUT2D eigenvalue weighted by Crippen LogP contribution is 2.37. The van der Waals surface area contributed by atoms with E-state index < -0.39 is 10.0 Å². The number of hydrogen-bond donors (Lipinski definition) is 0. The molecule has 0 radical (unpaired) electrons. The predicted octanol–water partition coefficient (Wildman–Crippen LogP) is 2.82. The molecule has 0 unspecified atom stereocenters. The molecule has 6 heteroatoms. The molecule has 2 heterocycles. The monoisotopic (exact) mass is 308 g/mol. The predicted molar refractivity (Wildman–Crippen MR) is 81.0 cm³/mol. The lowest BCUT2D eigenvalue weighted by atomic mass is 10.1. The Balaban J connectivity index is 2.14. The number of para-hydroxylation sites is 1. The Bertz CT molecular complexity index is 778. The summed E-state index contributed by atoms with van der Waals surface area (Å²) in [4.78, 5) is 4.24. The van der Waals surface area contributed by atoms with Crippen molar-refractivity contribution >= 4 is 27.0 Å². The van der Waals surface area contributed by atoms with E-state index in [0.717, 1.165) is 28.2 Å². The maximum atomic E-state index is 12.9. The average Bonchev–Trinajstić information content (AvgIpc) is 2.94. The van der Waals surface area contributed by atoms with Crippen molar-refractivity contribution in [2.24, 2.45) is 0 Å². The van der Waals surface area contributed by atoms with Gasteiger partial charge in [0.2, 0.25) is 0 Å². The van der Waals surface area contributed by atoms with Gasteiger partial charge in [-0.25, -0.2) is 13.4 Å². The summed E-state index contributed by atoms with van der Waals surface area (Å²) in [5.41, 5.74) is 3.54. The fourth-order valence-electron chi connectivity index (χ4n) is 2.70. The van der Waals surface area contributed by atoms with Crippen molar-refractivity contribution < 1.29 is 8.42 Å². The lowest BCUT2D eigenvalue weighted by Crippen LogP contribution is -2.29. The van der Waals surface area contributed by atoms with E-state index in [1.807, 2.05) is 32.0 Å². The van der Waals surface area contributed by atoms with Crippen LogP contribution in [0.4, 0.5) is 5.69 Å². The lowest BCUT2D eigenvalue weighted by molar-refractivity contribution is 0.593. The Morgan fingerprint density at radius 3 is 2.65 bits per heavy atom. The molecule has 1 aromatic heterocycles. The molecule has 0 amide bonds. The van der Waals surface area contributed by atoms with Gasteiger partial charge < -0.3 is 0 Å². The number of thiazole rings is 1. The number of sulfonamides is 1. The SMILES string of the molecule is Cc1nc(C)c(S(=O)(=O)N2CCc3cccc(C)c32)s1. The summed E-state index contributed by atoms with van der Waals surface area (Å²) < 4.78 is 27.7. The van der Waals surface area contributed by atoms with Gasteiger partial charge in [-0.1, -0.05) is 18.2 Å². The molecule has 2 aromatic rings. The summed E-state index contributed by atoms with van der Waals surface area (Å²) in [6.07, 6.45) is 0.771. The number of fused-ring (bicyclic) bond motifs is 1. The van der Waals surface area contributed by atoms with Crippen molar-refractivity contribution in [3.8, 4) is 0 Å². The van der Waals surface area contributed by atoms with Crippen LogP contribution in [-0.4, -0.2) is 19.9 Å². The van der Waals surface area contributed by atoms with Crippen LogP contribution in [0.15, 0.2) is 22.4 Å². The first-order valence-corrected chi connectivity index (χ1v) is 8.72. The number of nitrogens with zero attached hydrogens (tertiary/aromatic N) is 2. The van der Waals surface area contributed by atoms with E-state index in [1.54, 1.807) is 6.92 Å². The Hall–Kier alpha value is -1.40. The Morgan fingerprint density at radius 1 is 1.25 bits per heavy atom. The molecule has 0 N–H and O–H groups in total. The third kappa shape index (κ3) is 1.94. The molecule has 4 nitrogen and oxygen atoms in total. The van der Waals surface area contributed by atoms with Crippen LogP contribution >= 0.6 is 11.3 Å². The molecule has 3 rings (SSSR count). The van der Waals surface area contributed by atoms with E-state index in [0.29, 0.717) is 16.4 Å². The van der Waals surface area contributed by atoms with Crippen LogP contribution in [0.25, 0.3) is 0 Å². The summed E-state index contributed by atoms with van der Waals surface area (Å²) in [7, 11) is -3.50. The quantitative estimate of drug-likeness (QED) is 0.857. The van der Waals surface area contributed by atoms with Gasteiger partial charge in [-0.3, -0.25) is 4.31 Å². The van der Waals surface area contributed by atoms with Gasteiger partial charge in [-0.15, -0.1) is 11.3 Å². The van der Waals surface area contributed by atoms with Crippen LogP contribution in [-0.2, 0) is 16.4 Å². The summed E-state index contributed by atoms with van der Waals surface area (Å²) in [5, 5.41) is 0.783. The number of rotatable bonds is 2. The number of aryl methyl sites for hydroxylation is 3.